The SMILES string of the molecule is CC1(C)c2ccccc2-c2cc3c(cc21)c1cc(-c2ccc4oc5cccc(Br)c5c4c2)ccc1n3-c1nc(-c2ccc(-c3ccccc3)cc2)c2ccccc2n1. The van der Waals surface area contributed by atoms with E-state index in [2.05, 4.69) is 192 Å². The van der Waals surface area contributed by atoms with Crippen LogP contribution in [0.4, 0.5) is 0 Å². The standard InChI is InChI=1S/C53H34BrN3O/c1-53(2)42-15-8-6-13-36(42)38-30-47-40(29-43(38)53)39-27-34(35-24-26-48-41(28-35)50-44(54)16-10-18-49(50)58-48)23-25-46(39)57(47)52-55-45-17-9-7-14-37(45)51(56-52)33-21-19-32(20-22-33)31-11-4-3-5-12-31/h3-30H,1-2H3. The van der Waals surface area contributed by atoms with Crippen LogP contribution in [0.1, 0.15) is 25.0 Å². The molecule has 0 aliphatic heterocycles. The van der Waals surface area contributed by atoms with Crippen molar-refractivity contribution in [1.82, 2.24) is 14.5 Å². The maximum atomic E-state index is 6.24. The molecule has 0 saturated carbocycles. The Balaban J connectivity index is 1.11. The molecule has 274 valence electrons. The molecule has 58 heavy (non-hydrogen) atoms. The van der Waals surface area contributed by atoms with Crippen LogP contribution in [-0.4, -0.2) is 14.5 Å². The molecule has 0 spiro atoms. The molecular weight excluding hydrogens is 775 g/mol. The zero-order valence-corrected chi connectivity index (χ0v) is 33.4. The van der Waals surface area contributed by atoms with Gasteiger partial charge in [0.25, 0.3) is 0 Å². The van der Waals surface area contributed by atoms with E-state index in [-0.39, 0.29) is 5.41 Å². The van der Waals surface area contributed by atoms with E-state index in [0.29, 0.717) is 5.95 Å². The highest BCUT2D eigenvalue weighted by atomic mass is 79.9. The quantitative estimate of drug-likeness (QED) is 0.178. The van der Waals surface area contributed by atoms with Crippen molar-refractivity contribution in [2.24, 2.45) is 0 Å². The van der Waals surface area contributed by atoms with Gasteiger partial charge in [-0.05, 0) is 99.1 Å². The summed E-state index contributed by atoms with van der Waals surface area (Å²) < 4.78 is 9.55. The molecule has 0 bridgehead atoms. The molecule has 8 aromatic carbocycles. The zero-order valence-electron chi connectivity index (χ0n) is 31.8. The molecule has 3 heterocycles. The minimum Gasteiger partial charge on any atom is -0.456 e. The Labute approximate surface area is 343 Å². The van der Waals surface area contributed by atoms with E-state index in [4.69, 9.17) is 14.4 Å². The fraction of sp³-hybridized carbons (Fsp3) is 0.0566. The number of furan rings is 1. The summed E-state index contributed by atoms with van der Waals surface area (Å²) in [6, 6.07) is 60.7. The van der Waals surface area contributed by atoms with E-state index in [9.17, 15) is 0 Å². The third kappa shape index (κ3) is 4.87. The summed E-state index contributed by atoms with van der Waals surface area (Å²) in [4.78, 5) is 10.8. The highest BCUT2D eigenvalue weighted by Gasteiger charge is 2.36. The van der Waals surface area contributed by atoms with Gasteiger partial charge in [0.1, 0.15) is 11.2 Å². The zero-order chi connectivity index (χ0) is 38.7. The fourth-order valence-corrected chi connectivity index (χ4v) is 9.97. The molecule has 0 N–H and O–H groups in total. The average molecular weight is 809 g/mol. The molecule has 12 rings (SSSR count). The van der Waals surface area contributed by atoms with Crippen LogP contribution in [0, 0.1) is 0 Å². The van der Waals surface area contributed by atoms with Gasteiger partial charge in [-0.2, -0.15) is 0 Å². The third-order valence-corrected chi connectivity index (χ3v) is 13.0. The number of benzene rings is 8. The van der Waals surface area contributed by atoms with E-state index in [1.54, 1.807) is 0 Å². The Morgan fingerprint density at radius 3 is 2.03 bits per heavy atom. The topological polar surface area (TPSA) is 43.9 Å². The van der Waals surface area contributed by atoms with Crippen molar-refractivity contribution in [1.29, 1.82) is 0 Å². The lowest BCUT2D eigenvalue weighted by Crippen LogP contribution is -2.14. The van der Waals surface area contributed by atoms with Crippen LogP contribution in [0.2, 0.25) is 0 Å². The summed E-state index contributed by atoms with van der Waals surface area (Å²) >= 11 is 3.78. The Morgan fingerprint density at radius 2 is 1.17 bits per heavy atom. The lowest BCUT2D eigenvalue weighted by molar-refractivity contribution is 0.661. The van der Waals surface area contributed by atoms with Crippen LogP contribution < -0.4 is 0 Å². The lowest BCUT2D eigenvalue weighted by atomic mass is 9.82. The number of para-hydroxylation sites is 1. The van der Waals surface area contributed by atoms with Gasteiger partial charge in [-0.3, -0.25) is 4.57 Å². The Bertz CT molecular complexity index is 3490. The maximum absolute atomic E-state index is 6.24. The Morgan fingerprint density at radius 1 is 0.483 bits per heavy atom. The summed E-state index contributed by atoms with van der Waals surface area (Å²) in [7, 11) is 0. The average Bonchev–Trinajstić information content (AvgIpc) is 3.88. The summed E-state index contributed by atoms with van der Waals surface area (Å²) in [5.74, 6) is 0.648. The van der Waals surface area contributed by atoms with Crippen molar-refractivity contribution in [2.75, 3.05) is 0 Å². The number of fused-ring (bicyclic) bond motifs is 10. The Hall–Kier alpha value is -6.82. The van der Waals surface area contributed by atoms with Gasteiger partial charge in [0.05, 0.1) is 22.2 Å². The smallest absolute Gasteiger partial charge is 0.235 e. The predicted molar refractivity (Wildman–Crippen MR) is 243 cm³/mol. The molecule has 4 nitrogen and oxygen atoms in total. The van der Waals surface area contributed by atoms with E-state index in [0.717, 1.165) is 76.1 Å². The molecule has 0 atom stereocenters. The van der Waals surface area contributed by atoms with Gasteiger partial charge >= 0.3 is 0 Å². The normalized spacial score (nSPS) is 13.2. The van der Waals surface area contributed by atoms with Crippen molar-refractivity contribution >= 4 is 70.6 Å². The van der Waals surface area contributed by atoms with E-state index in [1.807, 2.05) is 12.1 Å². The molecule has 11 aromatic rings. The molecule has 0 amide bonds. The first-order chi connectivity index (χ1) is 28.4. The van der Waals surface area contributed by atoms with Crippen molar-refractivity contribution < 1.29 is 4.42 Å². The second kappa shape index (κ2) is 12.3. The molecular formula is C53H34BrN3O. The van der Waals surface area contributed by atoms with Gasteiger partial charge in [0.2, 0.25) is 5.95 Å². The minimum atomic E-state index is -0.147. The van der Waals surface area contributed by atoms with Gasteiger partial charge < -0.3 is 4.42 Å². The molecule has 0 saturated heterocycles. The molecule has 0 fully saturated rings. The molecule has 1 aliphatic carbocycles. The molecule has 0 unspecified atom stereocenters. The predicted octanol–water partition coefficient (Wildman–Crippen LogP) is 14.7. The highest BCUT2D eigenvalue weighted by molar-refractivity contribution is 9.10. The molecule has 1 aliphatic rings. The largest absolute Gasteiger partial charge is 0.456 e. The van der Waals surface area contributed by atoms with Gasteiger partial charge in [0.15, 0.2) is 0 Å². The van der Waals surface area contributed by atoms with Gasteiger partial charge in [-0.15, -0.1) is 0 Å². The highest BCUT2D eigenvalue weighted by Crippen LogP contribution is 2.51. The number of hydrogen-bond donors (Lipinski definition) is 0. The van der Waals surface area contributed by atoms with Crippen molar-refractivity contribution in [3.05, 3.63) is 185 Å². The fourth-order valence-electron chi connectivity index (χ4n) is 9.41. The van der Waals surface area contributed by atoms with Gasteiger partial charge in [0, 0.05) is 42.4 Å². The number of halogens is 1. The van der Waals surface area contributed by atoms with E-state index < -0.39 is 0 Å². The molecule has 0 radical (unpaired) electrons. The Kier molecular flexibility index (Phi) is 7.09. The van der Waals surface area contributed by atoms with E-state index in [1.165, 1.54) is 38.8 Å². The van der Waals surface area contributed by atoms with Crippen molar-refractivity contribution in [2.45, 2.75) is 19.3 Å². The number of aromatic nitrogens is 3. The lowest BCUT2D eigenvalue weighted by Gasteiger charge is -2.21. The summed E-state index contributed by atoms with van der Waals surface area (Å²) in [6.45, 7) is 4.69. The number of rotatable bonds is 4. The van der Waals surface area contributed by atoms with Gasteiger partial charge in [-0.1, -0.05) is 145 Å². The summed E-state index contributed by atoms with van der Waals surface area (Å²) in [5, 5.41) is 5.54. The second-order valence-electron chi connectivity index (χ2n) is 15.9. The van der Waals surface area contributed by atoms with Crippen LogP contribution in [0.5, 0.6) is 0 Å². The number of hydrogen-bond acceptors (Lipinski definition) is 3. The maximum Gasteiger partial charge on any atom is 0.235 e. The van der Waals surface area contributed by atoms with Gasteiger partial charge in [-0.25, -0.2) is 9.97 Å². The second-order valence-corrected chi connectivity index (χ2v) is 16.8. The first kappa shape index (κ1) is 33.3. The van der Waals surface area contributed by atoms with Crippen LogP contribution in [-0.2, 0) is 5.41 Å². The van der Waals surface area contributed by atoms with Crippen LogP contribution in [0.3, 0.4) is 0 Å². The molecule has 5 heteroatoms. The summed E-state index contributed by atoms with van der Waals surface area (Å²) in [5.41, 5.74) is 16.5. The summed E-state index contributed by atoms with van der Waals surface area (Å²) in [6.07, 6.45) is 0. The van der Waals surface area contributed by atoms with E-state index >= 15 is 0 Å². The van der Waals surface area contributed by atoms with Crippen LogP contribution in [0.25, 0.3) is 105 Å². The van der Waals surface area contributed by atoms with Crippen LogP contribution >= 0.6 is 15.9 Å². The minimum absolute atomic E-state index is 0.147. The molecule has 3 aromatic heterocycles. The third-order valence-electron chi connectivity index (χ3n) is 12.3. The first-order valence-electron chi connectivity index (χ1n) is 19.7. The first-order valence-corrected chi connectivity index (χ1v) is 20.5. The van der Waals surface area contributed by atoms with Crippen molar-refractivity contribution in [3.63, 3.8) is 0 Å². The number of nitrogens with zero attached hydrogens (tertiary/aromatic N) is 3. The van der Waals surface area contributed by atoms with Crippen LogP contribution in [0.15, 0.2) is 179 Å². The monoisotopic (exact) mass is 807 g/mol. The van der Waals surface area contributed by atoms with Crippen molar-refractivity contribution in [3.8, 4) is 50.6 Å².